The van der Waals surface area contributed by atoms with Crippen molar-refractivity contribution in [2.24, 2.45) is 11.8 Å². The molecule has 0 heterocycles. The molecule has 1 saturated carbocycles. The maximum atomic E-state index is 12.1. The van der Waals surface area contributed by atoms with E-state index in [1.807, 2.05) is 20.9 Å². The van der Waals surface area contributed by atoms with Crippen LogP contribution in [0.3, 0.4) is 0 Å². The second kappa shape index (κ2) is 7.62. The first kappa shape index (κ1) is 17.0. The van der Waals surface area contributed by atoms with Crippen molar-refractivity contribution in [1.82, 2.24) is 10.2 Å². The number of nitrogens with zero attached hydrogens (tertiary/aromatic N) is 1. The lowest BCUT2D eigenvalue weighted by Gasteiger charge is -2.34. The summed E-state index contributed by atoms with van der Waals surface area (Å²) in [5.41, 5.74) is 0. The molecule has 0 aromatic carbocycles. The van der Waals surface area contributed by atoms with Crippen LogP contribution >= 0.6 is 0 Å². The third-order valence-corrected chi connectivity index (χ3v) is 4.33. The molecule has 1 rings (SSSR count). The molecule has 1 atom stereocenters. The van der Waals surface area contributed by atoms with E-state index in [0.717, 1.165) is 18.8 Å². The first-order valence-corrected chi connectivity index (χ1v) is 7.54. The molecule has 2 N–H and O–H groups in total. The minimum Gasteiger partial charge on any atom is -0.480 e. The first-order valence-electron chi connectivity index (χ1n) is 7.54. The quantitative estimate of drug-likeness (QED) is 0.779. The standard InChI is InChI=1S/C15H28N2O3/c1-10(2)14(15(19)20)16-9-13(18)17(4)12-7-5-11(3)6-8-12/h10-12,14,16H,5-9H2,1-4H3,(H,19,20). The van der Waals surface area contributed by atoms with Gasteiger partial charge < -0.3 is 10.0 Å². The number of hydrogen-bond acceptors (Lipinski definition) is 3. The van der Waals surface area contributed by atoms with Gasteiger partial charge in [0.15, 0.2) is 0 Å². The average molecular weight is 284 g/mol. The zero-order chi connectivity index (χ0) is 15.3. The van der Waals surface area contributed by atoms with Crippen molar-refractivity contribution >= 4 is 11.9 Å². The molecule has 0 saturated heterocycles. The molecule has 20 heavy (non-hydrogen) atoms. The molecule has 1 aliphatic carbocycles. The molecule has 0 spiro atoms. The molecule has 0 radical (unpaired) electrons. The summed E-state index contributed by atoms with van der Waals surface area (Å²) in [6, 6.07) is -0.360. The second-order valence-electron chi connectivity index (χ2n) is 6.36. The number of carbonyl (C=O) groups excluding carboxylic acids is 1. The monoisotopic (exact) mass is 284 g/mol. The normalized spacial score (nSPS) is 24.4. The fourth-order valence-electron chi connectivity index (χ4n) is 2.76. The number of aliphatic carboxylic acids is 1. The van der Waals surface area contributed by atoms with Crippen molar-refractivity contribution < 1.29 is 14.7 Å². The number of nitrogens with one attached hydrogen (secondary N) is 1. The summed E-state index contributed by atoms with van der Waals surface area (Å²) in [5.74, 6) is -0.204. The summed E-state index contributed by atoms with van der Waals surface area (Å²) in [6.07, 6.45) is 4.44. The van der Waals surface area contributed by atoms with Crippen molar-refractivity contribution in [3.8, 4) is 0 Å². The smallest absolute Gasteiger partial charge is 0.320 e. The molecule has 1 fully saturated rings. The first-order chi connectivity index (χ1) is 9.32. The Morgan fingerprint density at radius 3 is 2.25 bits per heavy atom. The summed E-state index contributed by atoms with van der Waals surface area (Å²) in [7, 11) is 1.83. The van der Waals surface area contributed by atoms with Crippen LogP contribution < -0.4 is 5.32 Å². The van der Waals surface area contributed by atoms with E-state index in [1.54, 1.807) is 4.90 Å². The predicted octanol–water partition coefficient (Wildman–Crippen LogP) is 1.72. The predicted molar refractivity (Wildman–Crippen MR) is 78.5 cm³/mol. The molecule has 5 heteroatoms. The van der Waals surface area contributed by atoms with E-state index in [4.69, 9.17) is 5.11 Å². The highest BCUT2D eigenvalue weighted by molar-refractivity contribution is 5.80. The Labute approximate surface area is 121 Å². The van der Waals surface area contributed by atoms with Crippen LogP contribution in [0.25, 0.3) is 0 Å². The lowest BCUT2D eigenvalue weighted by atomic mass is 9.87. The Kier molecular flexibility index (Phi) is 6.46. The van der Waals surface area contributed by atoms with Crippen LogP contribution in [-0.2, 0) is 9.59 Å². The van der Waals surface area contributed by atoms with Gasteiger partial charge in [-0.3, -0.25) is 14.9 Å². The number of likely N-dealkylation sites (N-methyl/N-ethyl adjacent to an activating group) is 1. The summed E-state index contributed by atoms with van der Waals surface area (Å²) in [4.78, 5) is 25.0. The largest absolute Gasteiger partial charge is 0.480 e. The topological polar surface area (TPSA) is 69.6 Å². The van der Waals surface area contributed by atoms with E-state index in [2.05, 4.69) is 12.2 Å². The van der Waals surface area contributed by atoms with E-state index in [0.29, 0.717) is 6.04 Å². The maximum absolute atomic E-state index is 12.1. The van der Waals surface area contributed by atoms with Gasteiger partial charge in [-0.2, -0.15) is 0 Å². The number of hydrogen-bond donors (Lipinski definition) is 2. The van der Waals surface area contributed by atoms with Crippen molar-refractivity contribution in [3.63, 3.8) is 0 Å². The molecule has 0 aromatic heterocycles. The van der Waals surface area contributed by atoms with Gasteiger partial charge in [0.05, 0.1) is 6.54 Å². The second-order valence-corrected chi connectivity index (χ2v) is 6.36. The van der Waals surface area contributed by atoms with E-state index in [9.17, 15) is 9.59 Å². The van der Waals surface area contributed by atoms with Crippen LogP contribution in [0.4, 0.5) is 0 Å². The van der Waals surface area contributed by atoms with Crippen LogP contribution in [0.15, 0.2) is 0 Å². The van der Waals surface area contributed by atoms with Gasteiger partial charge in [-0.05, 0) is 37.5 Å². The molecule has 0 bridgehead atoms. The van der Waals surface area contributed by atoms with Gasteiger partial charge in [-0.25, -0.2) is 0 Å². The van der Waals surface area contributed by atoms with Crippen LogP contribution in [0, 0.1) is 11.8 Å². The molecule has 5 nitrogen and oxygen atoms in total. The van der Waals surface area contributed by atoms with Crippen molar-refractivity contribution in [2.75, 3.05) is 13.6 Å². The van der Waals surface area contributed by atoms with Gasteiger partial charge in [0.1, 0.15) is 6.04 Å². The highest BCUT2D eigenvalue weighted by atomic mass is 16.4. The van der Waals surface area contributed by atoms with Gasteiger partial charge in [0.2, 0.25) is 5.91 Å². The van der Waals surface area contributed by atoms with Crippen LogP contribution in [0.1, 0.15) is 46.5 Å². The minimum absolute atomic E-state index is 0.0172. The Morgan fingerprint density at radius 2 is 1.80 bits per heavy atom. The van der Waals surface area contributed by atoms with E-state index in [1.165, 1.54) is 12.8 Å². The molecule has 1 amide bonds. The fraction of sp³-hybridized carbons (Fsp3) is 0.867. The van der Waals surface area contributed by atoms with E-state index in [-0.39, 0.29) is 18.4 Å². The Bertz CT molecular complexity index is 336. The highest BCUT2D eigenvalue weighted by Crippen LogP contribution is 2.26. The number of rotatable bonds is 6. The Morgan fingerprint density at radius 1 is 1.25 bits per heavy atom. The summed E-state index contributed by atoms with van der Waals surface area (Å²) in [6.45, 7) is 6.02. The Balaban J connectivity index is 2.43. The molecule has 1 unspecified atom stereocenters. The number of carboxylic acid groups (broad SMARTS) is 1. The molecule has 116 valence electrons. The summed E-state index contributed by atoms with van der Waals surface area (Å²) < 4.78 is 0. The SMILES string of the molecule is CC1CCC(N(C)C(=O)CNC(C(=O)O)C(C)C)CC1. The third kappa shape index (κ3) is 4.78. The van der Waals surface area contributed by atoms with Crippen LogP contribution in [-0.4, -0.2) is 47.6 Å². The van der Waals surface area contributed by atoms with Crippen molar-refractivity contribution in [1.29, 1.82) is 0 Å². The number of carbonyl (C=O) groups is 2. The van der Waals surface area contributed by atoms with Gasteiger partial charge in [-0.1, -0.05) is 20.8 Å². The van der Waals surface area contributed by atoms with Crippen LogP contribution in [0.5, 0.6) is 0 Å². The van der Waals surface area contributed by atoms with Gasteiger partial charge >= 0.3 is 5.97 Å². The Hall–Kier alpha value is -1.10. The van der Waals surface area contributed by atoms with E-state index >= 15 is 0 Å². The van der Waals surface area contributed by atoms with Crippen LogP contribution in [0.2, 0.25) is 0 Å². The van der Waals surface area contributed by atoms with Gasteiger partial charge in [-0.15, -0.1) is 0 Å². The molecule has 0 aliphatic heterocycles. The van der Waals surface area contributed by atoms with Crippen molar-refractivity contribution in [3.05, 3.63) is 0 Å². The minimum atomic E-state index is -0.901. The summed E-state index contributed by atoms with van der Waals surface area (Å²) in [5, 5.41) is 11.9. The molecule has 1 aliphatic rings. The molecule has 0 aromatic rings. The zero-order valence-corrected chi connectivity index (χ0v) is 13.1. The van der Waals surface area contributed by atoms with Gasteiger partial charge in [0, 0.05) is 13.1 Å². The van der Waals surface area contributed by atoms with Gasteiger partial charge in [0.25, 0.3) is 0 Å². The summed E-state index contributed by atoms with van der Waals surface area (Å²) >= 11 is 0. The average Bonchev–Trinajstić information content (AvgIpc) is 2.38. The maximum Gasteiger partial charge on any atom is 0.320 e. The molecular formula is C15H28N2O3. The number of amides is 1. The van der Waals surface area contributed by atoms with Crippen molar-refractivity contribution in [2.45, 2.75) is 58.5 Å². The lowest BCUT2D eigenvalue weighted by molar-refractivity contribution is -0.141. The lowest BCUT2D eigenvalue weighted by Crippen LogP contribution is -2.48. The van der Waals surface area contributed by atoms with E-state index < -0.39 is 12.0 Å². The fourth-order valence-corrected chi connectivity index (χ4v) is 2.76. The number of carboxylic acids is 1. The third-order valence-electron chi connectivity index (χ3n) is 4.33. The molecular weight excluding hydrogens is 256 g/mol. The highest BCUT2D eigenvalue weighted by Gasteiger charge is 2.26. The zero-order valence-electron chi connectivity index (χ0n) is 13.1.